The van der Waals surface area contributed by atoms with Crippen molar-refractivity contribution in [3.63, 3.8) is 0 Å². The third kappa shape index (κ3) is 2.67. The van der Waals surface area contributed by atoms with Crippen LogP contribution >= 0.6 is 0 Å². The summed E-state index contributed by atoms with van der Waals surface area (Å²) in [5.41, 5.74) is 1.90. The average Bonchev–Trinajstić information content (AvgIpc) is 3.08. The van der Waals surface area contributed by atoms with Gasteiger partial charge in [0.15, 0.2) is 5.03 Å². The molecule has 0 saturated heterocycles. The highest BCUT2D eigenvalue weighted by molar-refractivity contribution is 7.89. The van der Waals surface area contributed by atoms with Gasteiger partial charge in [0.1, 0.15) is 5.82 Å². The average molecular weight is 305 g/mol. The Morgan fingerprint density at radius 2 is 2.14 bits per heavy atom. The molecule has 0 aliphatic rings. The number of H-pyrrole nitrogens is 1. The van der Waals surface area contributed by atoms with Crippen molar-refractivity contribution in [3.05, 3.63) is 42.6 Å². The van der Waals surface area contributed by atoms with E-state index in [1.165, 1.54) is 12.5 Å². The highest BCUT2D eigenvalue weighted by Crippen LogP contribution is 2.15. The first-order valence-electron chi connectivity index (χ1n) is 6.48. The predicted octanol–water partition coefficient (Wildman–Crippen LogP) is 1.05. The zero-order chi connectivity index (χ0) is 14.9. The van der Waals surface area contributed by atoms with Crippen LogP contribution in [0, 0.1) is 6.92 Å². The standard InChI is InChI=1S/C13H15N5O2S/c1-10-17-11-4-2-3-5-12(11)18(10)7-6-16-21(19,20)13-8-14-9-15-13/h2-5,8-9,16H,6-7H2,1H3,(H,14,15). The minimum Gasteiger partial charge on any atom is -0.335 e. The highest BCUT2D eigenvalue weighted by Gasteiger charge is 2.15. The Balaban J connectivity index is 1.74. The molecule has 0 radical (unpaired) electrons. The summed E-state index contributed by atoms with van der Waals surface area (Å²) in [5.74, 6) is 0.858. The molecule has 0 fully saturated rings. The van der Waals surface area contributed by atoms with Crippen LogP contribution in [0.2, 0.25) is 0 Å². The van der Waals surface area contributed by atoms with E-state index >= 15 is 0 Å². The maximum absolute atomic E-state index is 12.0. The van der Waals surface area contributed by atoms with Crippen LogP contribution in [0.3, 0.4) is 0 Å². The van der Waals surface area contributed by atoms with Crippen molar-refractivity contribution in [2.45, 2.75) is 18.5 Å². The monoisotopic (exact) mass is 305 g/mol. The number of benzene rings is 1. The van der Waals surface area contributed by atoms with Crippen LogP contribution in [0.5, 0.6) is 0 Å². The first-order valence-corrected chi connectivity index (χ1v) is 7.96. The summed E-state index contributed by atoms with van der Waals surface area (Å²) in [6.45, 7) is 2.70. The summed E-state index contributed by atoms with van der Waals surface area (Å²) < 4.78 is 28.5. The van der Waals surface area contributed by atoms with Crippen LogP contribution in [-0.2, 0) is 16.6 Å². The quantitative estimate of drug-likeness (QED) is 0.737. The lowest BCUT2D eigenvalue weighted by molar-refractivity contribution is 0.570. The highest BCUT2D eigenvalue weighted by atomic mass is 32.2. The fourth-order valence-electron chi connectivity index (χ4n) is 2.24. The maximum atomic E-state index is 12.0. The molecule has 7 nitrogen and oxygen atoms in total. The number of aryl methyl sites for hydroxylation is 1. The minimum atomic E-state index is -3.54. The van der Waals surface area contributed by atoms with Gasteiger partial charge in [-0.3, -0.25) is 0 Å². The van der Waals surface area contributed by atoms with Crippen molar-refractivity contribution in [1.29, 1.82) is 0 Å². The van der Waals surface area contributed by atoms with Crippen LogP contribution in [0.15, 0.2) is 41.8 Å². The zero-order valence-corrected chi connectivity index (χ0v) is 12.3. The fourth-order valence-corrected chi connectivity index (χ4v) is 3.16. The summed E-state index contributed by atoms with van der Waals surface area (Å²) in [7, 11) is -3.54. The fraction of sp³-hybridized carbons (Fsp3) is 0.231. The largest absolute Gasteiger partial charge is 0.335 e. The summed E-state index contributed by atoms with van der Waals surface area (Å²) in [6, 6.07) is 7.78. The summed E-state index contributed by atoms with van der Waals surface area (Å²) in [5, 5.41) is 0.0645. The molecular weight excluding hydrogens is 290 g/mol. The molecule has 2 N–H and O–H groups in total. The van der Waals surface area contributed by atoms with Crippen molar-refractivity contribution < 1.29 is 8.42 Å². The van der Waals surface area contributed by atoms with E-state index in [1.807, 2.05) is 35.8 Å². The van der Waals surface area contributed by atoms with Crippen LogP contribution in [0.4, 0.5) is 0 Å². The zero-order valence-electron chi connectivity index (χ0n) is 11.4. The molecule has 0 aliphatic heterocycles. The van der Waals surface area contributed by atoms with Crippen LogP contribution in [0.1, 0.15) is 5.82 Å². The first-order chi connectivity index (χ1) is 10.1. The molecule has 2 aromatic heterocycles. The Hall–Kier alpha value is -2.19. The second-order valence-electron chi connectivity index (χ2n) is 4.61. The lowest BCUT2D eigenvalue weighted by Gasteiger charge is -2.08. The molecule has 0 aliphatic carbocycles. The molecule has 21 heavy (non-hydrogen) atoms. The Morgan fingerprint density at radius 1 is 1.33 bits per heavy atom. The Kier molecular flexibility index (Phi) is 3.48. The number of hydrogen-bond acceptors (Lipinski definition) is 4. The van der Waals surface area contributed by atoms with E-state index in [2.05, 4.69) is 19.7 Å². The number of para-hydroxylation sites is 2. The molecule has 0 atom stereocenters. The molecule has 0 unspecified atom stereocenters. The SMILES string of the molecule is Cc1nc2ccccc2n1CCNS(=O)(=O)c1cnc[nH]1. The molecule has 110 valence electrons. The van der Waals surface area contributed by atoms with Gasteiger partial charge < -0.3 is 9.55 Å². The van der Waals surface area contributed by atoms with Crippen LogP contribution in [-0.4, -0.2) is 34.5 Å². The summed E-state index contributed by atoms with van der Waals surface area (Å²) >= 11 is 0. The van der Waals surface area contributed by atoms with Gasteiger partial charge in [0.2, 0.25) is 0 Å². The van der Waals surface area contributed by atoms with E-state index in [0.717, 1.165) is 16.9 Å². The number of nitrogens with one attached hydrogen (secondary N) is 2. The molecular formula is C13H15N5O2S. The number of fused-ring (bicyclic) bond motifs is 1. The molecule has 0 amide bonds. The summed E-state index contributed by atoms with van der Waals surface area (Å²) in [6.07, 6.45) is 2.61. The van der Waals surface area contributed by atoms with E-state index in [-0.39, 0.29) is 11.6 Å². The lowest BCUT2D eigenvalue weighted by atomic mass is 10.3. The Labute approximate surface area is 122 Å². The minimum absolute atomic E-state index is 0.0645. The molecule has 0 saturated carbocycles. The van der Waals surface area contributed by atoms with Crippen LogP contribution in [0.25, 0.3) is 11.0 Å². The normalized spacial score (nSPS) is 12.0. The van der Waals surface area contributed by atoms with Crippen molar-refractivity contribution in [1.82, 2.24) is 24.2 Å². The molecule has 0 bridgehead atoms. The second-order valence-corrected chi connectivity index (χ2v) is 6.35. The third-order valence-electron chi connectivity index (χ3n) is 3.24. The molecule has 2 heterocycles. The molecule has 3 aromatic rings. The van der Waals surface area contributed by atoms with Gasteiger partial charge in [-0.1, -0.05) is 12.1 Å². The van der Waals surface area contributed by atoms with Gasteiger partial charge in [-0.05, 0) is 19.1 Å². The van der Waals surface area contributed by atoms with Crippen molar-refractivity contribution in [2.75, 3.05) is 6.54 Å². The maximum Gasteiger partial charge on any atom is 0.257 e. The van der Waals surface area contributed by atoms with Gasteiger partial charge in [0.25, 0.3) is 10.0 Å². The predicted molar refractivity (Wildman–Crippen MR) is 78.2 cm³/mol. The molecule has 3 rings (SSSR count). The van der Waals surface area contributed by atoms with Gasteiger partial charge in [0.05, 0.1) is 23.6 Å². The molecule has 0 spiro atoms. The van der Waals surface area contributed by atoms with Gasteiger partial charge in [-0.25, -0.2) is 23.1 Å². The third-order valence-corrected chi connectivity index (χ3v) is 4.62. The van der Waals surface area contributed by atoms with E-state index in [4.69, 9.17) is 0 Å². The summed E-state index contributed by atoms with van der Waals surface area (Å²) in [4.78, 5) is 10.7. The van der Waals surface area contributed by atoms with Gasteiger partial charge >= 0.3 is 0 Å². The van der Waals surface area contributed by atoms with Crippen molar-refractivity contribution >= 4 is 21.1 Å². The first kappa shape index (κ1) is 13.8. The molecule has 8 heteroatoms. The number of sulfonamides is 1. The molecule has 1 aromatic carbocycles. The number of nitrogens with zero attached hydrogens (tertiary/aromatic N) is 3. The number of hydrogen-bond donors (Lipinski definition) is 2. The Bertz CT molecular complexity index is 852. The number of imidazole rings is 2. The van der Waals surface area contributed by atoms with E-state index < -0.39 is 10.0 Å². The van der Waals surface area contributed by atoms with Crippen molar-refractivity contribution in [3.8, 4) is 0 Å². The van der Waals surface area contributed by atoms with Gasteiger partial charge in [-0.2, -0.15) is 0 Å². The van der Waals surface area contributed by atoms with Gasteiger partial charge in [-0.15, -0.1) is 0 Å². The van der Waals surface area contributed by atoms with E-state index in [0.29, 0.717) is 6.54 Å². The topological polar surface area (TPSA) is 92.7 Å². The second kappa shape index (κ2) is 5.30. The van der Waals surface area contributed by atoms with Crippen molar-refractivity contribution in [2.24, 2.45) is 0 Å². The Morgan fingerprint density at radius 3 is 2.90 bits per heavy atom. The van der Waals surface area contributed by atoms with E-state index in [1.54, 1.807) is 0 Å². The van der Waals surface area contributed by atoms with Crippen LogP contribution < -0.4 is 4.72 Å². The number of aromatic amines is 1. The van der Waals surface area contributed by atoms with E-state index in [9.17, 15) is 8.42 Å². The van der Waals surface area contributed by atoms with Gasteiger partial charge in [0, 0.05) is 13.1 Å². The number of rotatable bonds is 5. The number of aromatic nitrogens is 4. The smallest absolute Gasteiger partial charge is 0.257 e. The lowest BCUT2D eigenvalue weighted by Crippen LogP contribution is -2.27.